The van der Waals surface area contributed by atoms with Crippen molar-refractivity contribution in [2.45, 2.75) is 44.9 Å². The summed E-state index contributed by atoms with van der Waals surface area (Å²) in [6.45, 7) is 4.32. The summed E-state index contributed by atoms with van der Waals surface area (Å²) in [6, 6.07) is 8.09. The Kier molecular flexibility index (Phi) is 2.64. The third kappa shape index (κ3) is 1.33. The van der Waals surface area contributed by atoms with Gasteiger partial charge in [-0.3, -0.25) is 4.79 Å². The predicted octanol–water partition coefficient (Wildman–Crippen LogP) is 3.72. The molecule has 0 atom stereocenters. The summed E-state index contributed by atoms with van der Waals surface area (Å²) < 4.78 is 0. The van der Waals surface area contributed by atoms with E-state index in [9.17, 15) is 4.79 Å². The van der Waals surface area contributed by atoms with Gasteiger partial charge in [-0.15, -0.1) is 0 Å². The van der Waals surface area contributed by atoms with E-state index in [4.69, 9.17) is 0 Å². The summed E-state index contributed by atoms with van der Waals surface area (Å²) in [4.78, 5) is 12.2. The fourth-order valence-corrected chi connectivity index (χ4v) is 2.89. The largest absolute Gasteiger partial charge is 0.293 e. The minimum Gasteiger partial charge on any atom is -0.293 e. The van der Waals surface area contributed by atoms with Gasteiger partial charge < -0.3 is 0 Å². The van der Waals surface area contributed by atoms with Crippen LogP contribution in [0.25, 0.3) is 0 Å². The third-order valence-corrected chi connectivity index (χ3v) is 3.48. The van der Waals surface area contributed by atoms with E-state index in [1.165, 1.54) is 5.56 Å². The van der Waals surface area contributed by atoms with Gasteiger partial charge in [0.25, 0.3) is 0 Å². The first-order valence-corrected chi connectivity index (χ1v) is 5.90. The van der Waals surface area contributed by atoms with Crippen molar-refractivity contribution in [1.82, 2.24) is 0 Å². The Morgan fingerprint density at radius 2 is 1.67 bits per heavy atom. The van der Waals surface area contributed by atoms with Gasteiger partial charge in [0.2, 0.25) is 0 Å². The van der Waals surface area contributed by atoms with Crippen LogP contribution in [0.4, 0.5) is 0 Å². The van der Waals surface area contributed by atoms with E-state index < -0.39 is 0 Å². The Morgan fingerprint density at radius 3 is 2.27 bits per heavy atom. The molecule has 0 bridgehead atoms. The van der Waals surface area contributed by atoms with Gasteiger partial charge in [-0.1, -0.05) is 51.0 Å². The highest BCUT2D eigenvalue weighted by Crippen LogP contribution is 2.47. The maximum Gasteiger partial charge on any atom is 0.173 e. The number of fused-ring (bicyclic) bond motifs is 1. The van der Waals surface area contributed by atoms with Crippen LogP contribution in [0, 0.1) is 0 Å². The van der Waals surface area contributed by atoms with Gasteiger partial charge in [0.15, 0.2) is 5.78 Å². The molecule has 2 rings (SSSR count). The second kappa shape index (κ2) is 3.80. The Hall–Kier alpha value is -1.11. The minimum absolute atomic E-state index is 0.125. The number of hydrogen-bond donors (Lipinski definition) is 0. The van der Waals surface area contributed by atoms with Crippen LogP contribution in [0.5, 0.6) is 0 Å². The van der Waals surface area contributed by atoms with Gasteiger partial charge in [0.05, 0.1) is 5.41 Å². The zero-order chi connectivity index (χ0) is 10.9. The van der Waals surface area contributed by atoms with Crippen molar-refractivity contribution in [3.8, 4) is 0 Å². The molecule has 1 aliphatic carbocycles. The Morgan fingerprint density at radius 1 is 1.07 bits per heavy atom. The maximum atomic E-state index is 12.2. The van der Waals surface area contributed by atoms with Crippen molar-refractivity contribution in [2.24, 2.45) is 0 Å². The highest BCUT2D eigenvalue weighted by Gasteiger charge is 2.49. The Balaban J connectivity index is 2.40. The molecule has 0 unspecified atom stereocenters. The van der Waals surface area contributed by atoms with Crippen LogP contribution in [0.1, 0.15) is 55.5 Å². The summed E-state index contributed by atoms with van der Waals surface area (Å²) >= 11 is 0. The Labute approximate surface area is 91.5 Å². The van der Waals surface area contributed by atoms with E-state index in [-0.39, 0.29) is 5.41 Å². The number of rotatable bonds is 4. The second-order valence-corrected chi connectivity index (χ2v) is 4.46. The van der Waals surface area contributed by atoms with Gasteiger partial charge in [-0.2, -0.15) is 0 Å². The van der Waals surface area contributed by atoms with Gasteiger partial charge in [-0.25, -0.2) is 0 Å². The quantitative estimate of drug-likeness (QED) is 0.727. The van der Waals surface area contributed by atoms with Crippen LogP contribution in [0.3, 0.4) is 0 Å². The summed E-state index contributed by atoms with van der Waals surface area (Å²) in [7, 11) is 0. The number of Topliss-reactive ketones (excluding diaryl/α,β-unsaturated/α-hetero) is 1. The monoisotopic (exact) mass is 202 g/mol. The molecular formula is C14H18O. The van der Waals surface area contributed by atoms with Crippen molar-refractivity contribution < 1.29 is 4.79 Å². The van der Waals surface area contributed by atoms with Gasteiger partial charge in [0, 0.05) is 5.56 Å². The molecule has 0 N–H and O–H groups in total. The number of hydrogen-bond acceptors (Lipinski definition) is 1. The Bertz CT molecular complexity index is 373. The van der Waals surface area contributed by atoms with Crippen LogP contribution in [0.15, 0.2) is 24.3 Å². The van der Waals surface area contributed by atoms with E-state index >= 15 is 0 Å². The summed E-state index contributed by atoms with van der Waals surface area (Å²) in [5.74, 6) is 0.377. The van der Waals surface area contributed by atoms with Crippen molar-refractivity contribution in [3.63, 3.8) is 0 Å². The number of carbonyl (C=O) groups excluding carboxylic acids is 1. The number of benzene rings is 1. The minimum atomic E-state index is -0.125. The zero-order valence-corrected chi connectivity index (χ0v) is 9.55. The van der Waals surface area contributed by atoms with Crippen molar-refractivity contribution >= 4 is 5.78 Å². The van der Waals surface area contributed by atoms with E-state index in [1.807, 2.05) is 18.2 Å². The first-order chi connectivity index (χ1) is 7.26. The molecule has 0 aromatic heterocycles. The van der Waals surface area contributed by atoms with Gasteiger partial charge >= 0.3 is 0 Å². The summed E-state index contributed by atoms with van der Waals surface area (Å²) in [6.07, 6.45) is 4.19. The van der Waals surface area contributed by atoms with Crippen LogP contribution in [-0.2, 0) is 5.41 Å². The van der Waals surface area contributed by atoms with Gasteiger partial charge in [0.1, 0.15) is 0 Å². The zero-order valence-electron chi connectivity index (χ0n) is 9.55. The van der Waals surface area contributed by atoms with Crippen LogP contribution < -0.4 is 0 Å². The normalized spacial score (nSPS) is 17.1. The van der Waals surface area contributed by atoms with Crippen molar-refractivity contribution in [3.05, 3.63) is 35.4 Å². The number of carbonyl (C=O) groups is 1. The molecule has 1 aromatic rings. The average molecular weight is 202 g/mol. The highest BCUT2D eigenvalue weighted by molar-refractivity contribution is 6.13. The molecule has 0 aliphatic heterocycles. The molecule has 0 fully saturated rings. The van der Waals surface area contributed by atoms with E-state index in [0.29, 0.717) is 5.78 Å². The topological polar surface area (TPSA) is 17.1 Å². The average Bonchev–Trinajstić information content (AvgIpc) is 2.28. The standard InChI is InChI=1S/C14H18O/c1-3-9-14(10-4-2)12-8-6-5-7-11(12)13(14)15/h5-8H,3-4,9-10H2,1-2H3. The maximum absolute atomic E-state index is 12.2. The molecule has 1 aliphatic rings. The molecule has 0 saturated heterocycles. The first-order valence-electron chi connectivity index (χ1n) is 5.90. The first kappa shape index (κ1) is 10.4. The SMILES string of the molecule is CCCC1(CCC)C(=O)c2ccccc21. The highest BCUT2D eigenvalue weighted by atomic mass is 16.1. The van der Waals surface area contributed by atoms with E-state index in [2.05, 4.69) is 19.9 Å². The lowest BCUT2D eigenvalue weighted by molar-refractivity contribution is 0.0807. The van der Waals surface area contributed by atoms with E-state index in [0.717, 1.165) is 31.2 Å². The molecule has 1 nitrogen and oxygen atoms in total. The fraction of sp³-hybridized carbons (Fsp3) is 0.500. The molecule has 0 radical (unpaired) electrons. The fourth-order valence-electron chi connectivity index (χ4n) is 2.89. The molecular weight excluding hydrogens is 184 g/mol. The van der Waals surface area contributed by atoms with Crippen molar-refractivity contribution in [2.75, 3.05) is 0 Å². The second-order valence-electron chi connectivity index (χ2n) is 4.46. The lowest BCUT2D eigenvalue weighted by Crippen LogP contribution is -2.46. The molecule has 0 amide bonds. The molecule has 0 heterocycles. The lowest BCUT2D eigenvalue weighted by Gasteiger charge is -2.42. The van der Waals surface area contributed by atoms with Crippen LogP contribution >= 0.6 is 0 Å². The molecule has 0 saturated carbocycles. The molecule has 1 aromatic carbocycles. The molecule has 80 valence electrons. The summed E-state index contributed by atoms with van der Waals surface area (Å²) in [5.41, 5.74) is 2.12. The lowest BCUT2D eigenvalue weighted by atomic mass is 9.58. The summed E-state index contributed by atoms with van der Waals surface area (Å²) in [5, 5.41) is 0. The molecule has 0 spiro atoms. The molecule has 15 heavy (non-hydrogen) atoms. The van der Waals surface area contributed by atoms with Crippen molar-refractivity contribution in [1.29, 1.82) is 0 Å². The molecule has 1 heteroatoms. The van der Waals surface area contributed by atoms with E-state index in [1.54, 1.807) is 0 Å². The smallest absolute Gasteiger partial charge is 0.173 e. The van der Waals surface area contributed by atoms with Crippen LogP contribution in [-0.4, -0.2) is 5.78 Å². The van der Waals surface area contributed by atoms with Gasteiger partial charge in [-0.05, 0) is 18.4 Å². The third-order valence-electron chi connectivity index (χ3n) is 3.48. The van der Waals surface area contributed by atoms with Crippen LogP contribution in [0.2, 0.25) is 0 Å². The predicted molar refractivity (Wildman–Crippen MR) is 62.3 cm³/mol. The number of ketones is 1.